The average Bonchev–Trinajstić information content (AvgIpc) is 2.56. The molecule has 0 aliphatic rings. The van der Waals surface area contributed by atoms with Crippen LogP contribution < -0.4 is 10.6 Å². The molecule has 0 spiro atoms. The Kier molecular flexibility index (Phi) is 5.71. The predicted octanol–water partition coefficient (Wildman–Crippen LogP) is 3.67. The number of rotatable bonds is 5. The van der Waals surface area contributed by atoms with E-state index in [1.807, 2.05) is 0 Å². The molecule has 0 saturated heterocycles. The molecule has 7 nitrogen and oxygen atoms in total. The lowest BCUT2D eigenvalue weighted by atomic mass is 10.1. The average molecular weight is 363 g/mol. The number of nitro benzene ring substituents is 1. The zero-order valence-corrected chi connectivity index (χ0v) is 14.1. The van der Waals surface area contributed by atoms with Gasteiger partial charge in [-0.05, 0) is 36.6 Å². The van der Waals surface area contributed by atoms with Crippen molar-refractivity contribution < 1.29 is 18.9 Å². The highest BCUT2D eigenvalue weighted by molar-refractivity contribution is 7.98. The van der Waals surface area contributed by atoms with Gasteiger partial charge in [-0.2, -0.15) is 0 Å². The summed E-state index contributed by atoms with van der Waals surface area (Å²) < 4.78 is 13.9. The summed E-state index contributed by atoms with van der Waals surface area (Å²) >= 11 is 1.32. The Labute approximate surface area is 146 Å². The van der Waals surface area contributed by atoms with Gasteiger partial charge in [0.05, 0.1) is 10.6 Å². The third-order valence-corrected chi connectivity index (χ3v) is 3.91. The molecule has 2 N–H and O–H groups in total. The molecule has 9 heteroatoms. The van der Waals surface area contributed by atoms with Crippen molar-refractivity contribution in [3.63, 3.8) is 0 Å². The van der Waals surface area contributed by atoms with E-state index in [1.54, 1.807) is 6.26 Å². The second-order valence-electron chi connectivity index (χ2n) is 4.97. The number of nitro groups is 1. The molecule has 2 amide bonds. The number of nitrogens with zero attached hydrogens (tertiary/aromatic N) is 1. The number of benzene rings is 2. The van der Waals surface area contributed by atoms with Crippen LogP contribution in [0.3, 0.4) is 0 Å². The fourth-order valence-electron chi connectivity index (χ4n) is 2.07. The first-order valence-electron chi connectivity index (χ1n) is 7.02. The summed E-state index contributed by atoms with van der Waals surface area (Å²) in [5.41, 5.74) is -0.466. The van der Waals surface area contributed by atoms with Crippen LogP contribution in [0.15, 0.2) is 41.3 Å². The molecule has 0 aliphatic heterocycles. The Morgan fingerprint density at radius 2 is 1.88 bits per heavy atom. The smallest absolute Gasteiger partial charge is 0.282 e. The third kappa shape index (κ3) is 4.54. The quantitative estimate of drug-likeness (QED) is 0.479. The second-order valence-corrected chi connectivity index (χ2v) is 5.85. The Morgan fingerprint density at radius 1 is 1.16 bits per heavy atom. The minimum Gasteiger partial charge on any atom is -0.326 e. The molecule has 0 atom stereocenters. The van der Waals surface area contributed by atoms with Crippen molar-refractivity contribution >= 4 is 40.6 Å². The molecule has 0 aromatic heterocycles. The van der Waals surface area contributed by atoms with Gasteiger partial charge in [-0.1, -0.05) is 0 Å². The number of anilines is 2. The fourth-order valence-corrected chi connectivity index (χ4v) is 2.51. The molecule has 0 radical (unpaired) electrons. The number of amides is 2. The van der Waals surface area contributed by atoms with Gasteiger partial charge in [-0.3, -0.25) is 19.7 Å². The van der Waals surface area contributed by atoms with E-state index < -0.39 is 16.6 Å². The SMILES string of the molecule is CSc1ccc([N+](=O)[O-])c(C(=O)Nc2cc(NC(C)=O)ccc2F)c1. The van der Waals surface area contributed by atoms with Crippen molar-refractivity contribution in [2.75, 3.05) is 16.9 Å². The van der Waals surface area contributed by atoms with Gasteiger partial charge >= 0.3 is 0 Å². The van der Waals surface area contributed by atoms with Crippen molar-refractivity contribution in [1.29, 1.82) is 0 Å². The van der Waals surface area contributed by atoms with Crippen molar-refractivity contribution in [2.24, 2.45) is 0 Å². The van der Waals surface area contributed by atoms with Gasteiger partial charge < -0.3 is 10.6 Å². The Morgan fingerprint density at radius 3 is 2.48 bits per heavy atom. The second kappa shape index (κ2) is 7.75. The minimum atomic E-state index is -0.818. The van der Waals surface area contributed by atoms with E-state index in [-0.39, 0.29) is 28.5 Å². The molecule has 0 saturated carbocycles. The van der Waals surface area contributed by atoms with Crippen LogP contribution in [0.5, 0.6) is 0 Å². The zero-order chi connectivity index (χ0) is 18.6. The molecule has 0 fully saturated rings. The predicted molar refractivity (Wildman–Crippen MR) is 93.5 cm³/mol. The normalized spacial score (nSPS) is 10.2. The van der Waals surface area contributed by atoms with Crippen LogP contribution in [0.25, 0.3) is 0 Å². The van der Waals surface area contributed by atoms with Gasteiger partial charge in [0.15, 0.2) is 0 Å². The maximum absolute atomic E-state index is 13.9. The first-order chi connectivity index (χ1) is 11.8. The van der Waals surface area contributed by atoms with Crippen LogP contribution in [0.2, 0.25) is 0 Å². The van der Waals surface area contributed by atoms with Gasteiger partial charge in [0.2, 0.25) is 5.91 Å². The highest BCUT2D eigenvalue weighted by Crippen LogP contribution is 2.27. The molecule has 0 bridgehead atoms. The van der Waals surface area contributed by atoms with E-state index in [0.717, 1.165) is 6.07 Å². The van der Waals surface area contributed by atoms with Gasteiger partial charge in [-0.15, -0.1) is 11.8 Å². The fraction of sp³-hybridized carbons (Fsp3) is 0.125. The molecule has 2 aromatic rings. The summed E-state index contributed by atoms with van der Waals surface area (Å²) in [6.45, 7) is 1.29. The monoisotopic (exact) mass is 363 g/mol. The summed E-state index contributed by atoms with van der Waals surface area (Å²) in [7, 11) is 0. The first kappa shape index (κ1) is 18.4. The van der Waals surface area contributed by atoms with Gasteiger partial charge in [0.1, 0.15) is 11.4 Å². The third-order valence-electron chi connectivity index (χ3n) is 3.18. The van der Waals surface area contributed by atoms with E-state index in [4.69, 9.17) is 0 Å². The van der Waals surface area contributed by atoms with Crippen LogP contribution in [0.4, 0.5) is 21.5 Å². The molecule has 0 aliphatic carbocycles. The van der Waals surface area contributed by atoms with E-state index in [9.17, 15) is 24.1 Å². The summed E-state index contributed by atoms with van der Waals surface area (Å²) in [6.07, 6.45) is 1.76. The van der Waals surface area contributed by atoms with E-state index in [0.29, 0.717) is 4.90 Å². The number of hydrogen-bond donors (Lipinski definition) is 2. The number of thioether (sulfide) groups is 1. The molecule has 25 heavy (non-hydrogen) atoms. The molecular formula is C16H14FN3O4S. The zero-order valence-electron chi connectivity index (χ0n) is 13.3. The Balaban J connectivity index is 2.36. The van der Waals surface area contributed by atoms with Crippen LogP contribution in [-0.4, -0.2) is 23.0 Å². The number of nitrogens with one attached hydrogen (secondary N) is 2. The largest absolute Gasteiger partial charge is 0.326 e. The highest BCUT2D eigenvalue weighted by Gasteiger charge is 2.21. The number of carbonyl (C=O) groups excluding carboxylic acids is 2. The summed E-state index contributed by atoms with van der Waals surface area (Å²) in [4.78, 5) is 34.6. The van der Waals surface area contributed by atoms with E-state index in [1.165, 1.54) is 49.0 Å². The van der Waals surface area contributed by atoms with Crippen LogP contribution in [-0.2, 0) is 4.79 Å². The molecule has 2 rings (SSSR count). The molecule has 0 heterocycles. The lowest BCUT2D eigenvalue weighted by molar-refractivity contribution is -0.385. The maximum atomic E-state index is 13.9. The Hall–Kier alpha value is -2.94. The summed E-state index contributed by atoms with van der Waals surface area (Å²) in [5, 5.41) is 15.9. The highest BCUT2D eigenvalue weighted by atomic mass is 32.2. The van der Waals surface area contributed by atoms with Crippen LogP contribution >= 0.6 is 11.8 Å². The Bertz CT molecular complexity index is 857. The van der Waals surface area contributed by atoms with Crippen LogP contribution in [0, 0.1) is 15.9 Å². The summed E-state index contributed by atoms with van der Waals surface area (Å²) in [6, 6.07) is 7.77. The molecule has 0 unspecified atom stereocenters. The van der Waals surface area contributed by atoms with E-state index >= 15 is 0 Å². The number of carbonyl (C=O) groups is 2. The molecule has 2 aromatic carbocycles. The summed E-state index contributed by atoms with van der Waals surface area (Å²) in [5.74, 6) is -1.90. The van der Waals surface area contributed by atoms with Gasteiger partial charge in [-0.25, -0.2) is 4.39 Å². The number of halogens is 1. The topological polar surface area (TPSA) is 101 Å². The van der Waals surface area contributed by atoms with E-state index in [2.05, 4.69) is 10.6 Å². The van der Waals surface area contributed by atoms with Gasteiger partial charge in [0, 0.05) is 23.6 Å². The van der Waals surface area contributed by atoms with Crippen molar-refractivity contribution in [3.8, 4) is 0 Å². The lowest BCUT2D eigenvalue weighted by Crippen LogP contribution is -2.15. The lowest BCUT2D eigenvalue weighted by Gasteiger charge is -2.10. The molecule has 130 valence electrons. The first-order valence-corrected chi connectivity index (χ1v) is 8.25. The van der Waals surface area contributed by atoms with Gasteiger partial charge in [0.25, 0.3) is 11.6 Å². The van der Waals surface area contributed by atoms with Crippen molar-refractivity contribution in [3.05, 3.63) is 57.9 Å². The standard InChI is InChI=1S/C16H14FN3O4S/c1-9(21)18-10-3-5-13(17)14(7-10)19-16(22)12-8-11(25-2)4-6-15(12)20(23)24/h3-8H,1-2H3,(H,18,21)(H,19,22). The number of hydrogen-bond acceptors (Lipinski definition) is 5. The van der Waals surface area contributed by atoms with Crippen molar-refractivity contribution in [1.82, 2.24) is 0 Å². The van der Waals surface area contributed by atoms with Crippen LogP contribution in [0.1, 0.15) is 17.3 Å². The maximum Gasteiger partial charge on any atom is 0.282 e. The molecular weight excluding hydrogens is 349 g/mol. The van der Waals surface area contributed by atoms with Crippen molar-refractivity contribution in [2.45, 2.75) is 11.8 Å². The minimum absolute atomic E-state index is 0.179.